The summed E-state index contributed by atoms with van der Waals surface area (Å²) in [6.07, 6.45) is -11.6. The maximum Gasteiger partial charge on any atom is 0.416 e. The summed E-state index contributed by atoms with van der Waals surface area (Å²) >= 11 is 0. The van der Waals surface area contributed by atoms with Gasteiger partial charge in [-0.25, -0.2) is 0 Å². The molecule has 8 heteroatoms. The highest BCUT2D eigenvalue weighted by Gasteiger charge is 2.38. The minimum atomic E-state index is -4.95. The molecule has 0 saturated heterocycles. The molecule has 0 fully saturated rings. The van der Waals surface area contributed by atoms with Gasteiger partial charge in [0.1, 0.15) is 0 Å². The van der Waals surface area contributed by atoms with Crippen LogP contribution in [0.15, 0.2) is 18.2 Å². The molecule has 1 rings (SSSR count). The number of rotatable bonds is 2. The molecule has 0 spiro atoms. The molecular formula is C12H13F6NO. The zero-order valence-electron chi connectivity index (χ0n) is 10.6. The molecule has 0 amide bonds. The van der Waals surface area contributed by atoms with E-state index in [2.05, 4.69) is 0 Å². The largest absolute Gasteiger partial charge is 0.416 e. The zero-order valence-corrected chi connectivity index (χ0v) is 10.6. The van der Waals surface area contributed by atoms with Gasteiger partial charge in [0.05, 0.1) is 17.2 Å². The van der Waals surface area contributed by atoms with E-state index in [1.54, 1.807) is 0 Å². The lowest BCUT2D eigenvalue weighted by molar-refractivity contribution is -0.143. The SMILES string of the molecule is CC(C)(N)C(O)c1cc(C(F)(F)F)cc(C(F)(F)F)c1. The predicted octanol–water partition coefficient (Wildman–Crippen LogP) is 3.49. The van der Waals surface area contributed by atoms with Gasteiger partial charge in [0.15, 0.2) is 0 Å². The maximum absolute atomic E-state index is 12.6. The monoisotopic (exact) mass is 301 g/mol. The Bertz CT molecular complexity index is 454. The highest BCUT2D eigenvalue weighted by Crippen LogP contribution is 2.38. The number of aliphatic hydroxyl groups is 1. The quantitative estimate of drug-likeness (QED) is 0.821. The van der Waals surface area contributed by atoms with Gasteiger partial charge >= 0.3 is 12.4 Å². The molecule has 1 aromatic rings. The van der Waals surface area contributed by atoms with Crippen molar-refractivity contribution in [3.63, 3.8) is 0 Å². The molecule has 2 nitrogen and oxygen atoms in total. The molecule has 0 heterocycles. The molecule has 0 bridgehead atoms. The molecule has 1 atom stereocenters. The van der Waals surface area contributed by atoms with Gasteiger partial charge < -0.3 is 10.8 Å². The van der Waals surface area contributed by atoms with Crippen molar-refractivity contribution in [3.05, 3.63) is 34.9 Å². The molecule has 3 N–H and O–H groups in total. The van der Waals surface area contributed by atoms with Crippen LogP contribution in [0.5, 0.6) is 0 Å². The van der Waals surface area contributed by atoms with Crippen LogP contribution in [0.1, 0.15) is 36.6 Å². The van der Waals surface area contributed by atoms with Gasteiger partial charge in [0.25, 0.3) is 0 Å². The molecule has 0 aliphatic rings. The summed E-state index contributed by atoms with van der Waals surface area (Å²) in [5.74, 6) is 0. The van der Waals surface area contributed by atoms with Crippen molar-refractivity contribution in [2.45, 2.75) is 37.8 Å². The third kappa shape index (κ3) is 3.86. The van der Waals surface area contributed by atoms with Crippen LogP contribution >= 0.6 is 0 Å². The molecular weight excluding hydrogens is 288 g/mol. The second kappa shape index (κ2) is 4.92. The van der Waals surface area contributed by atoms with Crippen molar-refractivity contribution in [2.75, 3.05) is 0 Å². The summed E-state index contributed by atoms with van der Waals surface area (Å²) in [5.41, 5.74) is 0.645. The minimum absolute atomic E-state index is 0.000261. The van der Waals surface area contributed by atoms with Crippen molar-refractivity contribution in [2.24, 2.45) is 5.73 Å². The Morgan fingerprint density at radius 2 is 1.25 bits per heavy atom. The van der Waals surface area contributed by atoms with Gasteiger partial charge in [-0.15, -0.1) is 0 Å². The first kappa shape index (κ1) is 16.8. The second-order valence-corrected chi connectivity index (χ2v) is 5.06. The summed E-state index contributed by atoms with van der Waals surface area (Å²) in [4.78, 5) is 0. The van der Waals surface area contributed by atoms with E-state index in [9.17, 15) is 31.4 Å². The zero-order chi connectivity index (χ0) is 15.9. The number of hydrogen-bond acceptors (Lipinski definition) is 2. The molecule has 0 aromatic heterocycles. The summed E-state index contributed by atoms with van der Waals surface area (Å²) in [5, 5.41) is 9.78. The molecule has 20 heavy (non-hydrogen) atoms. The fraction of sp³-hybridized carbons (Fsp3) is 0.500. The van der Waals surface area contributed by atoms with Crippen molar-refractivity contribution in [3.8, 4) is 0 Å². The molecule has 0 saturated carbocycles. The van der Waals surface area contributed by atoms with E-state index < -0.39 is 40.7 Å². The van der Waals surface area contributed by atoms with E-state index >= 15 is 0 Å². The predicted molar refractivity (Wildman–Crippen MR) is 59.7 cm³/mol. The van der Waals surface area contributed by atoms with Crippen molar-refractivity contribution >= 4 is 0 Å². The smallest absolute Gasteiger partial charge is 0.387 e. The van der Waals surface area contributed by atoms with E-state index in [1.165, 1.54) is 13.8 Å². The fourth-order valence-corrected chi connectivity index (χ4v) is 1.57. The Hall–Kier alpha value is -1.28. The van der Waals surface area contributed by atoms with E-state index in [4.69, 9.17) is 5.73 Å². The van der Waals surface area contributed by atoms with Crippen LogP contribution in [0.4, 0.5) is 26.3 Å². The molecule has 0 aliphatic heterocycles. The number of alkyl halides is 6. The fourth-order valence-electron chi connectivity index (χ4n) is 1.57. The Labute approximate surface area is 111 Å². The summed E-state index contributed by atoms with van der Waals surface area (Å²) in [6.45, 7) is 2.59. The molecule has 0 radical (unpaired) electrons. The first-order valence-electron chi connectivity index (χ1n) is 5.49. The maximum atomic E-state index is 12.6. The average molecular weight is 301 g/mol. The van der Waals surface area contributed by atoms with Gasteiger partial charge in [0.2, 0.25) is 0 Å². The molecule has 114 valence electrons. The number of benzene rings is 1. The summed E-state index contributed by atoms with van der Waals surface area (Å²) in [7, 11) is 0. The average Bonchev–Trinajstić information content (AvgIpc) is 2.23. The Balaban J connectivity index is 3.47. The van der Waals surface area contributed by atoms with Gasteiger partial charge in [-0.2, -0.15) is 26.3 Å². The van der Waals surface area contributed by atoms with E-state index in [0.717, 1.165) is 0 Å². The Morgan fingerprint density at radius 3 is 1.50 bits per heavy atom. The summed E-state index contributed by atoms with van der Waals surface area (Å²) in [6, 6.07) is 0.933. The van der Waals surface area contributed by atoms with Crippen LogP contribution in [0.2, 0.25) is 0 Å². The number of aliphatic hydroxyl groups excluding tert-OH is 1. The van der Waals surface area contributed by atoms with Crippen LogP contribution in [0.25, 0.3) is 0 Å². The van der Waals surface area contributed by atoms with Crippen LogP contribution in [-0.2, 0) is 12.4 Å². The van der Waals surface area contributed by atoms with E-state index in [0.29, 0.717) is 12.1 Å². The highest BCUT2D eigenvalue weighted by molar-refractivity contribution is 5.35. The summed E-state index contributed by atoms with van der Waals surface area (Å²) < 4.78 is 75.7. The van der Waals surface area contributed by atoms with Gasteiger partial charge in [-0.05, 0) is 37.6 Å². The topological polar surface area (TPSA) is 46.2 Å². The van der Waals surface area contributed by atoms with Crippen molar-refractivity contribution in [1.29, 1.82) is 0 Å². The first-order valence-corrected chi connectivity index (χ1v) is 5.49. The Morgan fingerprint density at radius 1 is 0.900 bits per heavy atom. The van der Waals surface area contributed by atoms with E-state index in [1.807, 2.05) is 0 Å². The van der Waals surface area contributed by atoms with Gasteiger partial charge in [-0.3, -0.25) is 0 Å². The molecule has 1 unspecified atom stereocenters. The van der Waals surface area contributed by atoms with E-state index in [-0.39, 0.29) is 6.07 Å². The minimum Gasteiger partial charge on any atom is -0.387 e. The Kier molecular flexibility index (Phi) is 4.13. The van der Waals surface area contributed by atoms with Crippen LogP contribution in [-0.4, -0.2) is 10.6 Å². The van der Waals surface area contributed by atoms with Gasteiger partial charge in [0, 0.05) is 5.54 Å². The second-order valence-electron chi connectivity index (χ2n) is 5.06. The lowest BCUT2D eigenvalue weighted by Gasteiger charge is -2.27. The van der Waals surface area contributed by atoms with Crippen LogP contribution < -0.4 is 5.73 Å². The van der Waals surface area contributed by atoms with Crippen molar-refractivity contribution in [1.82, 2.24) is 0 Å². The number of hydrogen-bond donors (Lipinski definition) is 2. The molecule has 0 aliphatic carbocycles. The third-order valence-electron chi connectivity index (χ3n) is 2.63. The van der Waals surface area contributed by atoms with Crippen LogP contribution in [0.3, 0.4) is 0 Å². The molecule has 1 aromatic carbocycles. The highest BCUT2D eigenvalue weighted by atomic mass is 19.4. The van der Waals surface area contributed by atoms with Crippen molar-refractivity contribution < 1.29 is 31.4 Å². The normalized spacial score (nSPS) is 15.3. The third-order valence-corrected chi connectivity index (χ3v) is 2.63. The standard InChI is InChI=1S/C12H13F6NO/c1-10(2,19)9(20)6-3-7(11(13,14)15)5-8(4-6)12(16,17)18/h3-5,9,20H,19H2,1-2H3. The lowest BCUT2D eigenvalue weighted by Crippen LogP contribution is -2.39. The first-order chi connectivity index (χ1) is 8.73. The number of halogens is 6. The lowest BCUT2D eigenvalue weighted by atomic mass is 9.90. The van der Waals surface area contributed by atoms with Crippen LogP contribution in [0, 0.1) is 0 Å². The van der Waals surface area contributed by atoms with Gasteiger partial charge in [-0.1, -0.05) is 0 Å². The number of nitrogens with two attached hydrogens (primary N) is 1.